The quantitative estimate of drug-likeness (QED) is 0.714. The highest BCUT2D eigenvalue weighted by atomic mass is 16.6. The molecule has 98 valence electrons. The van der Waals surface area contributed by atoms with Gasteiger partial charge in [0.05, 0.1) is 12.1 Å². The third kappa shape index (κ3) is 3.59. The Morgan fingerprint density at radius 2 is 1.94 bits per heavy atom. The molecule has 1 unspecified atom stereocenters. The number of carbonyl (C=O) groups excluding carboxylic acids is 1. The third-order valence-electron chi connectivity index (χ3n) is 2.43. The fourth-order valence-electron chi connectivity index (χ4n) is 1.80. The van der Waals surface area contributed by atoms with E-state index in [-0.39, 0.29) is 13.0 Å². The van der Waals surface area contributed by atoms with Crippen LogP contribution in [-0.4, -0.2) is 51.0 Å². The van der Waals surface area contributed by atoms with Gasteiger partial charge < -0.3 is 14.9 Å². The summed E-state index contributed by atoms with van der Waals surface area (Å²) in [5, 5.41) is 18.8. The Morgan fingerprint density at radius 1 is 1.41 bits per heavy atom. The van der Waals surface area contributed by atoms with Gasteiger partial charge in [-0.05, 0) is 27.7 Å². The largest absolute Gasteiger partial charge is 0.480 e. The van der Waals surface area contributed by atoms with Crippen LogP contribution in [0.4, 0.5) is 4.79 Å². The summed E-state index contributed by atoms with van der Waals surface area (Å²) in [4.78, 5) is 23.9. The Bertz CT molecular complexity index is 331. The van der Waals surface area contributed by atoms with E-state index in [0.29, 0.717) is 0 Å². The average molecular weight is 245 g/mol. The van der Waals surface area contributed by atoms with Crippen LogP contribution in [0.25, 0.3) is 0 Å². The van der Waals surface area contributed by atoms with Crippen molar-refractivity contribution >= 4 is 12.1 Å². The van der Waals surface area contributed by atoms with Crippen LogP contribution in [0.3, 0.4) is 0 Å². The predicted octanol–water partition coefficient (Wildman–Crippen LogP) is 0.831. The number of β-amino-alcohol motifs (C(OH)–C–C–N with tert-alkyl or cyclic N) is 1. The Kier molecular flexibility index (Phi) is 3.38. The maximum atomic E-state index is 11.8. The minimum atomic E-state index is -1.18. The number of aliphatic carboxylic acids is 1. The lowest BCUT2D eigenvalue weighted by Crippen LogP contribution is -2.43. The molecular formula is C11H19NO5. The molecule has 0 spiro atoms. The Hall–Kier alpha value is -1.30. The number of carbonyl (C=O) groups is 2. The zero-order valence-corrected chi connectivity index (χ0v) is 10.6. The molecule has 2 N–H and O–H groups in total. The van der Waals surface area contributed by atoms with Crippen molar-refractivity contribution in [2.75, 3.05) is 6.54 Å². The summed E-state index contributed by atoms with van der Waals surface area (Å²) in [5.74, 6) is -1.13. The first kappa shape index (κ1) is 13.8. The SMILES string of the molecule is CC(C)(C)OC(=O)N1C[C@@](C)(O)CC1C(=O)O. The van der Waals surface area contributed by atoms with Crippen LogP contribution >= 0.6 is 0 Å². The fraction of sp³-hybridized carbons (Fsp3) is 0.818. The maximum Gasteiger partial charge on any atom is 0.411 e. The number of aliphatic hydroxyl groups is 1. The van der Waals surface area contributed by atoms with E-state index in [0.717, 1.165) is 4.90 Å². The molecule has 0 saturated carbocycles. The van der Waals surface area contributed by atoms with Crippen LogP contribution in [0.2, 0.25) is 0 Å². The summed E-state index contributed by atoms with van der Waals surface area (Å²) in [5.41, 5.74) is -1.87. The normalized spacial score (nSPS) is 29.2. The molecular weight excluding hydrogens is 226 g/mol. The van der Waals surface area contributed by atoms with Gasteiger partial charge in [0.15, 0.2) is 0 Å². The molecule has 0 bridgehead atoms. The van der Waals surface area contributed by atoms with Gasteiger partial charge in [0, 0.05) is 6.42 Å². The summed E-state index contributed by atoms with van der Waals surface area (Å²) in [7, 11) is 0. The van der Waals surface area contributed by atoms with Gasteiger partial charge in [-0.1, -0.05) is 0 Å². The van der Waals surface area contributed by atoms with Crippen LogP contribution < -0.4 is 0 Å². The number of rotatable bonds is 1. The second kappa shape index (κ2) is 4.18. The monoisotopic (exact) mass is 245 g/mol. The zero-order valence-electron chi connectivity index (χ0n) is 10.6. The summed E-state index contributed by atoms with van der Waals surface area (Å²) in [6, 6.07) is -1.03. The molecule has 1 rings (SSSR count). The van der Waals surface area contributed by atoms with Crippen molar-refractivity contribution in [3.05, 3.63) is 0 Å². The van der Waals surface area contributed by atoms with Gasteiger partial charge in [0.1, 0.15) is 11.6 Å². The van der Waals surface area contributed by atoms with Gasteiger partial charge in [-0.25, -0.2) is 9.59 Å². The fourth-order valence-corrected chi connectivity index (χ4v) is 1.80. The number of ether oxygens (including phenoxy) is 1. The first-order valence-electron chi connectivity index (χ1n) is 5.47. The topological polar surface area (TPSA) is 87.1 Å². The number of hydrogen-bond acceptors (Lipinski definition) is 4. The first-order valence-corrected chi connectivity index (χ1v) is 5.47. The first-order chi connectivity index (χ1) is 7.52. The Balaban J connectivity index is 2.81. The van der Waals surface area contributed by atoms with Crippen molar-refractivity contribution in [3.63, 3.8) is 0 Å². The molecule has 17 heavy (non-hydrogen) atoms. The van der Waals surface area contributed by atoms with Gasteiger partial charge in [-0.2, -0.15) is 0 Å². The van der Waals surface area contributed by atoms with Gasteiger partial charge in [-0.3, -0.25) is 4.90 Å². The van der Waals surface area contributed by atoms with E-state index < -0.39 is 29.3 Å². The molecule has 6 heteroatoms. The molecule has 0 aliphatic carbocycles. The molecule has 0 aromatic heterocycles. The van der Waals surface area contributed by atoms with Crippen LogP contribution in [0.1, 0.15) is 34.1 Å². The van der Waals surface area contributed by atoms with Gasteiger partial charge in [0.25, 0.3) is 0 Å². The van der Waals surface area contributed by atoms with E-state index in [1.165, 1.54) is 6.92 Å². The number of hydrogen-bond donors (Lipinski definition) is 2. The predicted molar refractivity (Wildman–Crippen MR) is 59.6 cm³/mol. The molecule has 1 saturated heterocycles. The Morgan fingerprint density at radius 3 is 2.35 bits per heavy atom. The van der Waals surface area contributed by atoms with Gasteiger partial charge >= 0.3 is 12.1 Å². The number of nitrogens with zero attached hydrogens (tertiary/aromatic N) is 1. The van der Waals surface area contributed by atoms with E-state index in [1.54, 1.807) is 20.8 Å². The lowest BCUT2D eigenvalue weighted by Gasteiger charge is -2.26. The number of carboxylic acids is 1. The number of likely N-dealkylation sites (tertiary alicyclic amines) is 1. The minimum absolute atomic E-state index is 0.0155. The standard InChI is InChI=1S/C11H19NO5/c1-10(2,3)17-9(15)12-6-11(4,16)5-7(12)8(13)14/h7,16H,5-6H2,1-4H3,(H,13,14)/t7?,11-/m0/s1. The third-order valence-corrected chi connectivity index (χ3v) is 2.43. The zero-order chi connectivity index (χ0) is 13.4. The molecule has 1 fully saturated rings. The van der Waals surface area contributed by atoms with Crippen LogP contribution in [0, 0.1) is 0 Å². The second-order valence-corrected chi connectivity index (χ2v) is 5.66. The van der Waals surface area contributed by atoms with Crippen molar-refractivity contribution < 1.29 is 24.5 Å². The molecule has 1 heterocycles. The summed E-state index contributed by atoms with van der Waals surface area (Å²) in [6.45, 7) is 6.59. The smallest absolute Gasteiger partial charge is 0.411 e. The molecule has 1 aliphatic heterocycles. The average Bonchev–Trinajstić information content (AvgIpc) is 2.38. The summed E-state index contributed by atoms with van der Waals surface area (Å²) in [6.07, 6.45) is -0.690. The highest BCUT2D eigenvalue weighted by Gasteiger charge is 2.46. The van der Waals surface area contributed by atoms with E-state index in [4.69, 9.17) is 9.84 Å². The number of amides is 1. The van der Waals surface area contributed by atoms with Crippen molar-refractivity contribution in [1.82, 2.24) is 4.90 Å². The molecule has 0 aromatic rings. The van der Waals surface area contributed by atoms with Crippen LogP contribution in [0.5, 0.6) is 0 Å². The number of carboxylic acid groups (broad SMARTS) is 1. The van der Waals surface area contributed by atoms with Crippen molar-refractivity contribution in [3.8, 4) is 0 Å². The molecule has 1 aliphatic rings. The van der Waals surface area contributed by atoms with Gasteiger partial charge in [-0.15, -0.1) is 0 Å². The van der Waals surface area contributed by atoms with E-state index in [9.17, 15) is 14.7 Å². The lowest BCUT2D eigenvalue weighted by atomic mass is 10.0. The van der Waals surface area contributed by atoms with Crippen LogP contribution in [-0.2, 0) is 9.53 Å². The van der Waals surface area contributed by atoms with Crippen molar-refractivity contribution in [2.45, 2.75) is 51.4 Å². The van der Waals surface area contributed by atoms with Gasteiger partial charge in [0.2, 0.25) is 0 Å². The van der Waals surface area contributed by atoms with E-state index in [1.807, 2.05) is 0 Å². The minimum Gasteiger partial charge on any atom is -0.480 e. The molecule has 1 amide bonds. The summed E-state index contributed by atoms with van der Waals surface area (Å²) >= 11 is 0. The highest BCUT2D eigenvalue weighted by molar-refractivity contribution is 5.81. The van der Waals surface area contributed by atoms with E-state index in [2.05, 4.69) is 0 Å². The second-order valence-electron chi connectivity index (χ2n) is 5.66. The maximum absolute atomic E-state index is 11.8. The van der Waals surface area contributed by atoms with Crippen LogP contribution in [0.15, 0.2) is 0 Å². The molecule has 2 atom stereocenters. The van der Waals surface area contributed by atoms with Crippen molar-refractivity contribution in [1.29, 1.82) is 0 Å². The Labute approximate surface area is 100 Å². The van der Waals surface area contributed by atoms with E-state index >= 15 is 0 Å². The van der Waals surface area contributed by atoms with Crippen molar-refractivity contribution in [2.24, 2.45) is 0 Å². The molecule has 6 nitrogen and oxygen atoms in total. The molecule has 0 aromatic carbocycles. The summed E-state index contributed by atoms with van der Waals surface area (Å²) < 4.78 is 5.11. The highest BCUT2D eigenvalue weighted by Crippen LogP contribution is 2.28. The molecule has 0 radical (unpaired) electrons. The lowest BCUT2D eigenvalue weighted by molar-refractivity contribution is -0.142.